The zero-order chi connectivity index (χ0) is 11.9. The van der Waals surface area contributed by atoms with E-state index in [2.05, 4.69) is 24.3 Å². The Morgan fingerprint density at radius 2 is 1.76 bits per heavy atom. The molecule has 2 radical (unpaired) electrons. The van der Waals surface area contributed by atoms with E-state index in [1.54, 1.807) is 0 Å². The van der Waals surface area contributed by atoms with Crippen molar-refractivity contribution in [1.29, 1.82) is 0 Å². The van der Waals surface area contributed by atoms with Gasteiger partial charge in [0.25, 0.3) is 0 Å². The molecular formula is C15H15BO. The molecule has 0 aliphatic rings. The molecule has 0 amide bonds. The molecule has 2 aromatic carbocycles. The van der Waals surface area contributed by atoms with Gasteiger partial charge in [-0.05, 0) is 30.5 Å². The minimum atomic E-state index is 0.721. The molecule has 0 spiro atoms. The lowest BCUT2D eigenvalue weighted by Gasteiger charge is -2.06. The van der Waals surface area contributed by atoms with Crippen molar-refractivity contribution >= 4 is 13.3 Å². The molecule has 2 heteroatoms. The Morgan fingerprint density at radius 1 is 0.941 bits per heavy atom. The van der Waals surface area contributed by atoms with Gasteiger partial charge in [0.15, 0.2) is 0 Å². The maximum absolute atomic E-state index is 5.67. The van der Waals surface area contributed by atoms with Crippen molar-refractivity contribution in [2.24, 2.45) is 0 Å². The van der Waals surface area contributed by atoms with Gasteiger partial charge in [-0.1, -0.05) is 47.9 Å². The van der Waals surface area contributed by atoms with Gasteiger partial charge >= 0.3 is 0 Å². The number of benzene rings is 2. The summed E-state index contributed by atoms with van der Waals surface area (Å²) in [7, 11) is 5.67. The Morgan fingerprint density at radius 3 is 2.53 bits per heavy atom. The van der Waals surface area contributed by atoms with Crippen LogP contribution in [0.1, 0.15) is 12.0 Å². The van der Waals surface area contributed by atoms with Crippen LogP contribution in [-0.4, -0.2) is 14.5 Å². The van der Waals surface area contributed by atoms with Crippen molar-refractivity contribution in [3.05, 3.63) is 60.2 Å². The number of aryl methyl sites for hydroxylation is 1. The van der Waals surface area contributed by atoms with Gasteiger partial charge in [0, 0.05) is 0 Å². The van der Waals surface area contributed by atoms with E-state index >= 15 is 0 Å². The molecule has 0 saturated carbocycles. The summed E-state index contributed by atoms with van der Waals surface area (Å²) in [6.45, 7) is 0.721. The summed E-state index contributed by atoms with van der Waals surface area (Å²) in [6.07, 6.45) is 2.06. The molecule has 0 atom stereocenters. The second-order valence-corrected chi connectivity index (χ2v) is 4.01. The third kappa shape index (κ3) is 3.99. The standard InChI is InChI=1S/C15H15BO/c16-14-9-4-10-15(12-14)17-11-5-8-13-6-2-1-3-7-13/h1-4,6-7,9-10,12H,5,8,11H2. The highest BCUT2D eigenvalue weighted by Gasteiger charge is 1.95. The van der Waals surface area contributed by atoms with Crippen molar-refractivity contribution < 1.29 is 4.74 Å². The maximum atomic E-state index is 5.67. The summed E-state index contributed by atoms with van der Waals surface area (Å²) in [5.74, 6) is 0.845. The summed E-state index contributed by atoms with van der Waals surface area (Å²) in [6, 6.07) is 18.0. The molecule has 17 heavy (non-hydrogen) atoms. The third-order valence-electron chi connectivity index (χ3n) is 2.58. The lowest BCUT2D eigenvalue weighted by atomic mass is 9.96. The summed E-state index contributed by atoms with van der Waals surface area (Å²) in [5.41, 5.74) is 2.09. The predicted octanol–water partition coefficient (Wildman–Crippen LogP) is 2.49. The summed E-state index contributed by atoms with van der Waals surface area (Å²) < 4.78 is 5.63. The molecule has 0 aromatic heterocycles. The molecule has 1 nitrogen and oxygen atoms in total. The highest BCUT2D eigenvalue weighted by molar-refractivity contribution is 6.32. The number of rotatable bonds is 5. The smallest absolute Gasteiger partial charge is 0.118 e. The first-order valence-electron chi connectivity index (χ1n) is 5.87. The molecule has 0 heterocycles. The predicted molar refractivity (Wildman–Crippen MR) is 72.1 cm³/mol. The minimum Gasteiger partial charge on any atom is -0.494 e. The van der Waals surface area contributed by atoms with Crippen molar-refractivity contribution in [1.82, 2.24) is 0 Å². The van der Waals surface area contributed by atoms with Crippen LogP contribution in [-0.2, 0) is 6.42 Å². The van der Waals surface area contributed by atoms with Gasteiger partial charge in [-0.2, -0.15) is 0 Å². The van der Waals surface area contributed by atoms with Crippen LogP contribution >= 0.6 is 0 Å². The Bertz CT molecular complexity index is 453. The Balaban J connectivity index is 1.73. The van der Waals surface area contributed by atoms with Crippen molar-refractivity contribution in [2.75, 3.05) is 6.61 Å². The minimum absolute atomic E-state index is 0.721. The molecular weight excluding hydrogens is 207 g/mol. The maximum Gasteiger partial charge on any atom is 0.118 e. The molecule has 0 fully saturated rings. The van der Waals surface area contributed by atoms with E-state index in [1.165, 1.54) is 5.56 Å². The molecule has 0 aliphatic carbocycles. The summed E-state index contributed by atoms with van der Waals surface area (Å²) in [5, 5.41) is 0. The first-order valence-corrected chi connectivity index (χ1v) is 5.87. The third-order valence-corrected chi connectivity index (χ3v) is 2.58. The van der Waals surface area contributed by atoms with Crippen LogP contribution in [0.15, 0.2) is 54.6 Å². The van der Waals surface area contributed by atoms with Gasteiger partial charge < -0.3 is 4.74 Å². The second kappa shape index (κ2) is 6.14. The normalized spacial score (nSPS) is 10.1. The fourth-order valence-electron chi connectivity index (χ4n) is 1.72. The topological polar surface area (TPSA) is 9.23 Å². The van der Waals surface area contributed by atoms with Crippen LogP contribution in [0.3, 0.4) is 0 Å². The Kier molecular flexibility index (Phi) is 4.26. The van der Waals surface area contributed by atoms with Crippen molar-refractivity contribution in [3.63, 3.8) is 0 Å². The molecule has 0 saturated heterocycles. The average molecular weight is 222 g/mol. The van der Waals surface area contributed by atoms with Gasteiger partial charge in [-0.15, -0.1) is 0 Å². The fraction of sp³-hybridized carbons (Fsp3) is 0.200. The summed E-state index contributed by atoms with van der Waals surface area (Å²) >= 11 is 0. The molecule has 0 unspecified atom stereocenters. The monoisotopic (exact) mass is 222 g/mol. The number of ether oxygens (including phenoxy) is 1. The van der Waals surface area contributed by atoms with Gasteiger partial charge in [0.05, 0.1) is 6.61 Å². The van der Waals surface area contributed by atoms with Crippen LogP contribution in [0.5, 0.6) is 5.75 Å². The van der Waals surface area contributed by atoms with E-state index in [1.807, 2.05) is 30.3 Å². The molecule has 0 N–H and O–H groups in total. The molecule has 0 aliphatic heterocycles. The van der Waals surface area contributed by atoms with Crippen molar-refractivity contribution in [3.8, 4) is 5.75 Å². The zero-order valence-electron chi connectivity index (χ0n) is 9.80. The van der Waals surface area contributed by atoms with Crippen LogP contribution in [0, 0.1) is 0 Å². The largest absolute Gasteiger partial charge is 0.494 e. The Labute approximate surface area is 104 Å². The fourth-order valence-corrected chi connectivity index (χ4v) is 1.72. The van der Waals surface area contributed by atoms with Gasteiger partial charge in [0.1, 0.15) is 13.6 Å². The van der Waals surface area contributed by atoms with Crippen LogP contribution in [0.2, 0.25) is 0 Å². The van der Waals surface area contributed by atoms with E-state index in [4.69, 9.17) is 12.6 Å². The molecule has 84 valence electrons. The highest BCUT2D eigenvalue weighted by atomic mass is 16.5. The SMILES string of the molecule is [B]c1cccc(OCCCc2ccccc2)c1. The molecule has 2 rings (SSSR count). The van der Waals surface area contributed by atoms with Gasteiger partial charge in [-0.25, -0.2) is 0 Å². The molecule has 0 bridgehead atoms. The van der Waals surface area contributed by atoms with E-state index < -0.39 is 0 Å². The Hall–Kier alpha value is -1.70. The lowest BCUT2D eigenvalue weighted by molar-refractivity contribution is 0.311. The van der Waals surface area contributed by atoms with E-state index in [9.17, 15) is 0 Å². The van der Waals surface area contributed by atoms with E-state index in [-0.39, 0.29) is 0 Å². The van der Waals surface area contributed by atoms with Crippen LogP contribution < -0.4 is 10.2 Å². The number of hydrogen-bond donors (Lipinski definition) is 0. The average Bonchev–Trinajstić information content (AvgIpc) is 2.36. The first-order chi connectivity index (χ1) is 8.34. The quantitative estimate of drug-likeness (QED) is 0.557. The summed E-state index contributed by atoms with van der Waals surface area (Å²) in [4.78, 5) is 0. The highest BCUT2D eigenvalue weighted by Crippen LogP contribution is 2.08. The zero-order valence-corrected chi connectivity index (χ0v) is 9.80. The van der Waals surface area contributed by atoms with Gasteiger partial charge in [0.2, 0.25) is 0 Å². The van der Waals surface area contributed by atoms with Gasteiger partial charge in [-0.3, -0.25) is 0 Å². The molecule has 2 aromatic rings. The van der Waals surface area contributed by atoms with Crippen LogP contribution in [0.25, 0.3) is 0 Å². The lowest BCUT2D eigenvalue weighted by Crippen LogP contribution is -2.04. The van der Waals surface area contributed by atoms with Crippen LogP contribution in [0.4, 0.5) is 0 Å². The second-order valence-electron chi connectivity index (χ2n) is 4.01. The van der Waals surface area contributed by atoms with E-state index in [0.29, 0.717) is 0 Å². The van der Waals surface area contributed by atoms with Crippen molar-refractivity contribution in [2.45, 2.75) is 12.8 Å². The first kappa shape index (κ1) is 11.8. The van der Waals surface area contributed by atoms with E-state index in [0.717, 1.165) is 30.7 Å². The number of hydrogen-bond acceptors (Lipinski definition) is 1.